The van der Waals surface area contributed by atoms with E-state index in [4.69, 9.17) is 0 Å². The van der Waals surface area contributed by atoms with Crippen LogP contribution in [0.15, 0.2) is 58.3 Å². The van der Waals surface area contributed by atoms with Crippen LogP contribution in [0.5, 0.6) is 0 Å². The first-order chi connectivity index (χ1) is 14.4. The van der Waals surface area contributed by atoms with Gasteiger partial charge in [-0.2, -0.15) is 4.31 Å². The van der Waals surface area contributed by atoms with Crippen molar-refractivity contribution < 1.29 is 13.2 Å². The molecular weight excluding hydrogens is 416 g/mol. The third-order valence-corrected chi connectivity index (χ3v) is 8.17. The molecule has 1 aliphatic heterocycles. The Balaban J connectivity index is 1.52. The molecule has 0 radical (unpaired) electrons. The summed E-state index contributed by atoms with van der Waals surface area (Å²) >= 11 is 1.69. The maximum absolute atomic E-state index is 12.7. The van der Waals surface area contributed by atoms with Crippen LogP contribution in [0.2, 0.25) is 0 Å². The summed E-state index contributed by atoms with van der Waals surface area (Å²) in [5.41, 5.74) is 2.04. The van der Waals surface area contributed by atoms with E-state index in [1.807, 2.05) is 37.4 Å². The van der Waals surface area contributed by atoms with E-state index in [0.29, 0.717) is 30.8 Å². The fraction of sp³-hybridized carbons (Fsp3) is 0.435. The van der Waals surface area contributed by atoms with Crippen LogP contribution < -0.4 is 5.32 Å². The molecule has 1 heterocycles. The van der Waals surface area contributed by atoms with E-state index >= 15 is 0 Å². The van der Waals surface area contributed by atoms with Gasteiger partial charge in [-0.05, 0) is 67.8 Å². The monoisotopic (exact) mass is 446 g/mol. The number of thioether (sulfide) groups is 1. The Morgan fingerprint density at radius 2 is 1.67 bits per heavy atom. The number of benzene rings is 2. The lowest BCUT2D eigenvalue weighted by Gasteiger charge is -2.25. The molecule has 0 bridgehead atoms. The number of amides is 1. The SMILES string of the molecule is CSc1ccc(C(C)NC(=O)CCc2ccc(S(=O)(=O)N3CCCCC3)cc2)cc1. The highest BCUT2D eigenvalue weighted by molar-refractivity contribution is 7.98. The number of piperidine rings is 1. The van der Waals surface area contributed by atoms with Crippen molar-refractivity contribution in [2.24, 2.45) is 0 Å². The summed E-state index contributed by atoms with van der Waals surface area (Å²) in [5, 5.41) is 3.03. The zero-order valence-electron chi connectivity index (χ0n) is 17.6. The normalized spacial score (nSPS) is 16.2. The molecule has 7 heteroatoms. The number of rotatable bonds is 8. The molecule has 1 fully saturated rings. The van der Waals surface area contributed by atoms with E-state index in [0.717, 1.165) is 30.4 Å². The van der Waals surface area contributed by atoms with E-state index in [-0.39, 0.29) is 11.9 Å². The number of hydrogen-bond donors (Lipinski definition) is 1. The minimum Gasteiger partial charge on any atom is -0.350 e. The van der Waals surface area contributed by atoms with E-state index < -0.39 is 10.0 Å². The lowest BCUT2D eigenvalue weighted by atomic mass is 10.1. The van der Waals surface area contributed by atoms with Crippen molar-refractivity contribution in [3.63, 3.8) is 0 Å². The molecule has 5 nitrogen and oxygen atoms in total. The average Bonchev–Trinajstić information content (AvgIpc) is 2.78. The minimum atomic E-state index is -3.41. The summed E-state index contributed by atoms with van der Waals surface area (Å²) in [7, 11) is -3.41. The largest absolute Gasteiger partial charge is 0.350 e. The van der Waals surface area contributed by atoms with Gasteiger partial charge in [0.05, 0.1) is 10.9 Å². The third kappa shape index (κ3) is 5.86. The van der Waals surface area contributed by atoms with Gasteiger partial charge < -0.3 is 5.32 Å². The molecule has 0 aliphatic carbocycles. The first-order valence-electron chi connectivity index (χ1n) is 10.4. The molecule has 0 spiro atoms. The Bertz CT molecular complexity index is 935. The highest BCUT2D eigenvalue weighted by Gasteiger charge is 2.25. The zero-order chi connectivity index (χ0) is 21.6. The second kappa shape index (κ2) is 10.5. The van der Waals surface area contributed by atoms with Gasteiger partial charge in [0.25, 0.3) is 0 Å². The predicted molar refractivity (Wildman–Crippen MR) is 122 cm³/mol. The van der Waals surface area contributed by atoms with Crippen LogP contribution in [0.3, 0.4) is 0 Å². The molecule has 1 aliphatic rings. The molecule has 1 N–H and O–H groups in total. The smallest absolute Gasteiger partial charge is 0.243 e. The van der Waals surface area contributed by atoms with E-state index in [1.54, 1.807) is 28.2 Å². The summed E-state index contributed by atoms with van der Waals surface area (Å²) in [4.78, 5) is 13.9. The van der Waals surface area contributed by atoms with Crippen molar-refractivity contribution in [3.8, 4) is 0 Å². The van der Waals surface area contributed by atoms with Gasteiger partial charge in [-0.25, -0.2) is 8.42 Å². The lowest BCUT2D eigenvalue weighted by Crippen LogP contribution is -2.35. The van der Waals surface area contributed by atoms with Gasteiger partial charge in [-0.3, -0.25) is 4.79 Å². The van der Waals surface area contributed by atoms with Crippen molar-refractivity contribution in [2.45, 2.75) is 54.9 Å². The summed E-state index contributed by atoms with van der Waals surface area (Å²) in [5.74, 6) is -0.0125. The quantitative estimate of drug-likeness (QED) is 0.611. The number of aryl methyl sites for hydroxylation is 1. The van der Waals surface area contributed by atoms with Crippen molar-refractivity contribution in [1.29, 1.82) is 0 Å². The maximum atomic E-state index is 12.7. The van der Waals surface area contributed by atoms with Crippen LogP contribution in [0.25, 0.3) is 0 Å². The van der Waals surface area contributed by atoms with Gasteiger partial charge in [-0.1, -0.05) is 30.7 Å². The molecule has 30 heavy (non-hydrogen) atoms. The van der Waals surface area contributed by atoms with Gasteiger partial charge in [0, 0.05) is 24.4 Å². The summed E-state index contributed by atoms with van der Waals surface area (Å²) in [6.45, 7) is 3.18. The molecule has 1 saturated heterocycles. The summed E-state index contributed by atoms with van der Waals surface area (Å²) in [6, 6.07) is 15.1. The Morgan fingerprint density at radius 3 is 2.27 bits per heavy atom. The molecule has 0 aromatic heterocycles. The lowest BCUT2D eigenvalue weighted by molar-refractivity contribution is -0.121. The topological polar surface area (TPSA) is 66.5 Å². The van der Waals surface area contributed by atoms with Crippen LogP contribution in [-0.2, 0) is 21.2 Å². The Kier molecular flexibility index (Phi) is 7.97. The zero-order valence-corrected chi connectivity index (χ0v) is 19.3. The van der Waals surface area contributed by atoms with Gasteiger partial charge in [0.2, 0.25) is 15.9 Å². The standard InChI is InChI=1S/C23H30N2O3S2/c1-18(20-9-11-21(29-2)12-10-20)24-23(26)15-8-19-6-13-22(14-7-19)30(27,28)25-16-4-3-5-17-25/h6-7,9-14,18H,3-5,8,15-17H2,1-2H3,(H,24,26). The fourth-order valence-electron chi connectivity index (χ4n) is 3.63. The van der Waals surface area contributed by atoms with Crippen molar-refractivity contribution in [3.05, 3.63) is 59.7 Å². The molecule has 2 aromatic carbocycles. The molecule has 0 saturated carbocycles. The van der Waals surface area contributed by atoms with Crippen LogP contribution in [0, 0.1) is 0 Å². The van der Waals surface area contributed by atoms with E-state index in [1.165, 1.54) is 4.90 Å². The second-order valence-electron chi connectivity index (χ2n) is 7.67. The Labute approximate surface area is 184 Å². The van der Waals surface area contributed by atoms with E-state index in [9.17, 15) is 13.2 Å². The molecule has 2 aromatic rings. The highest BCUT2D eigenvalue weighted by Crippen LogP contribution is 2.22. The van der Waals surface area contributed by atoms with Crippen molar-refractivity contribution in [1.82, 2.24) is 9.62 Å². The number of hydrogen-bond acceptors (Lipinski definition) is 4. The summed E-state index contributed by atoms with van der Waals surface area (Å²) in [6.07, 6.45) is 5.92. The maximum Gasteiger partial charge on any atom is 0.243 e. The van der Waals surface area contributed by atoms with Crippen LogP contribution in [0.4, 0.5) is 0 Å². The Hall–Kier alpha value is -1.83. The van der Waals surface area contributed by atoms with Crippen molar-refractivity contribution in [2.75, 3.05) is 19.3 Å². The van der Waals surface area contributed by atoms with Gasteiger partial charge in [0.1, 0.15) is 0 Å². The van der Waals surface area contributed by atoms with Gasteiger partial charge >= 0.3 is 0 Å². The molecule has 1 unspecified atom stereocenters. The average molecular weight is 447 g/mol. The van der Waals surface area contributed by atoms with Gasteiger partial charge in [-0.15, -0.1) is 11.8 Å². The summed E-state index contributed by atoms with van der Waals surface area (Å²) < 4.78 is 27.0. The number of sulfonamides is 1. The highest BCUT2D eigenvalue weighted by atomic mass is 32.2. The molecular formula is C23H30N2O3S2. The molecule has 3 rings (SSSR count). The third-order valence-electron chi connectivity index (χ3n) is 5.51. The van der Waals surface area contributed by atoms with Gasteiger partial charge in [0.15, 0.2) is 0 Å². The first-order valence-corrected chi connectivity index (χ1v) is 13.1. The fourth-order valence-corrected chi connectivity index (χ4v) is 5.56. The van der Waals surface area contributed by atoms with Crippen LogP contribution in [-0.4, -0.2) is 38.0 Å². The number of nitrogens with one attached hydrogen (secondary N) is 1. The number of carbonyl (C=O) groups excluding carboxylic acids is 1. The van der Waals surface area contributed by atoms with Crippen LogP contribution in [0.1, 0.15) is 49.8 Å². The molecule has 1 atom stereocenters. The second-order valence-corrected chi connectivity index (χ2v) is 10.5. The Morgan fingerprint density at radius 1 is 1.03 bits per heavy atom. The number of nitrogens with zero attached hydrogens (tertiary/aromatic N) is 1. The molecule has 162 valence electrons. The first kappa shape index (κ1) is 22.8. The minimum absolute atomic E-state index is 0.0125. The van der Waals surface area contributed by atoms with Crippen LogP contribution >= 0.6 is 11.8 Å². The van der Waals surface area contributed by atoms with E-state index in [2.05, 4.69) is 17.4 Å². The molecule has 1 amide bonds. The predicted octanol–water partition coefficient (Wildman–Crippen LogP) is 4.39. The van der Waals surface area contributed by atoms with Crippen molar-refractivity contribution >= 4 is 27.7 Å². The number of carbonyl (C=O) groups is 1.